The Hall–Kier alpha value is -3.00. The molecule has 2 nitrogen and oxygen atoms in total. The van der Waals surface area contributed by atoms with E-state index in [0.29, 0.717) is 0 Å². The monoisotopic (exact) mass is 536 g/mol. The van der Waals surface area contributed by atoms with Crippen LogP contribution in [0.25, 0.3) is 11.1 Å². The summed E-state index contributed by atoms with van der Waals surface area (Å²) >= 11 is 0. The van der Waals surface area contributed by atoms with E-state index in [-0.39, 0.29) is 0 Å². The first-order valence-corrected chi connectivity index (χ1v) is 15.9. The summed E-state index contributed by atoms with van der Waals surface area (Å²) in [5, 5.41) is 0. The fraction of sp³-hybridized carbons (Fsp3) is 0.474. The Bertz CT molecular complexity index is 1220. The molecule has 0 bridgehead atoms. The minimum absolute atomic E-state index is 0.937. The van der Waals surface area contributed by atoms with E-state index in [2.05, 4.69) is 95.3 Å². The van der Waals surface area contributed by atoms with Crippen LogP contribution in [0, 0.1) is 6.92 Å². The maximum absolute atomic E-state index is 5.01. The zero-order valence-corrected chi connectivity index (χ0v) is 25.9. The van der Waals surface area contributed by atoms with Gasteiger partial charge < -0.3 is 0 Å². The van der Waals surface area contributed by atoms with Gasteiger partial charge in [0.05, 0.1) is 17.1 Å². The van der Waals surface area contributed by atoms with Gasteiger partial charge in [0.25, 0.3) is 0 Å². The van der Waals surface area contributed by atoms with Crippen molar-refractivity contribution >= 4 is 23.3 Å². The van der Waals surface area contributed by atoms with Crippen LogP contribution < -0.4 is 0 Å². The van der Waals surface area contributed by atoms with Gasteiger partial charge in [-0.3, -0.25) is 9.98 Å². The van der Waals surface area contributed by atoms with Crippen molar-refractivity contribution in [2.45, 2.75) is 118 Å². The predicted octanol–water partition coefficient (Wildman–Crippen LogP) is 11.7. The largest absolute Gasteiger partial charge is 0.255 e. The highest BCUT2D eigenvalue weighted by Crippen LogP contribution is 2.28. The first-order chi connectivity index (χ1) is 19.5. The van der Waals surface area contributed by atoms with Gasteiger partial charge in [0.2, 0.25) is 0 Å². The zero-order chi connectivity index (χ0) is 28.6. The fourth-order valence-corrected chi connectivity index (χ4v) is 5.46. The molecule has 0 aliphatic heterocycles. The minimum Gasteiger partial charge on any atom is -0.255 e. The maximum Gasteiger partial charge on any atom is 0.0639 e. The van der Waals surface area contributed by atoms with Crippen LogP contribution in [0.15, 0.2) is 70.6 Å². The summed E-state index contributed by atoms with van der Waals surface area (Å²) < 4.78 is 0. The highest BCUT2D eigenvalue weighted by Gasteiger charge is 2.09. The summed E-state index contributed by atoms with van der Waals surface area (Å²) in [5.41, 5.74) is 11.3. The van der Waals surface area contributed by atoms with Gasteiger partial charge in [-0.05, 0) is 110 Å². The summed E-state index contributed by atoms with van der Waals surface area (Å²) in [7, 11) is 0. The number of benzene rings is 3. The zero-order valence-electron chi connectivity index (χ0n) is 25.9. The van der Waals surface area contributed by atoms with Crippen molar-refractivity contribution in [2.75, 3.05) is 0 Å². The van der Waals surface area contributed by atoms with Crippen LogP contribution in [0.2, 0.25) is 0 Å². The molecule has 2 heteroatoms. The molecule has 40 heavy (non-hydrogen) atoms. The molecular formula is C38H52N2. The van der Waals surface area contributed by atoms with Gasteiger partial charge in [-0.25, -0.2) is 0 Å². The number of aryl methyl sites for hydroxylation is 3. The van der Waals surface area contributed by atoms with Crippen molar-refractivity contribution in [3.63, 3.8) is 0 Å². The van der Waals surface area contributed by atoms with Gasteiger partial charge in [0, 0.05) is 6.21 Å². The third-order valence-electron chi connectivity index (χ3n) is 7.74. The second-order valence-corrected chi connectivity index (χ2v) is 11.4. The van der Waals surface area contributed by atoms with Crippen LogP contribution >= 0.6 is 0 Å². The quantitative estimate of drug-likeness (QED) is 0.121. The molecule has 0 atom stereocenters. The molecule has 0 fully saturated rings. The molecule has 214 valence electrons. The van der Waals surface area contributed by atoms with Crippen molar-refractivity contribution in [3.8, 4) is 11.1 Å². The summed E-state index contributed by atoms with van der Waals surface area (Å²) in [6.45, 7) is 11.2. The lowest BCUT2D eigenvalue weighted by Gasteiger charge is -2.15. The van der Waals surface area contributed by atoms with E-state index in [1.54, 1.807) is 5.56 Å². The van der Waals surface area contributed by atoms with Gasteiger partial charge in [0.15, 0.2) is 0 Å². The first kappa shape index (κ1) is 31.5. The SMILES string of the molecule is CCCCCCc1cc(N=C(C)C=Nc2cc(CCCC)cc(-c3ccccc3)c2)cc(C)c1CCCCCC. The molecule has 0 radical (unpaired) electrons. The van der Waals surface area contributed by atoms with E-state index < -0.39 is 0 Å². The summed E-state index contributed by atoms with van der Waals surface area (Å²) in [6.07, 6.45) is 18.2. The van der Waals surface area contributed by atoms with Crippen LogP contribution in [0.1, 0.15) is 114 Å². The van der Waals surface area contributed by atoms with Crippen molar-refractivity contribution < 1.29 is 0 Å². The van der Waals surface area contributed by atoms with Crippen LogP contribution in [0.5, 0.6) is 0 Å². The van der Waals surface area contributed by atoms with Gasteiger partial charge >= 0.3 is 0 Å². The van der Waals surface area contributed by atoms with Gasteiger partial charge in [-0.1, -0.05) is 102 Å². The van der Waals surface area contributed by atoms with E-state index in [9.17, 15) is 0 Å². The molecule has 0 N–H and O–H groups in total. The highest BCUT2D eigenvalue weighted by atomic mass is 14.8. The van der Waals surface area contributed by atoms with Crippen LogP contribution in [-0.4, -0.2) is 11.9 Å². The first-order valence-electron chi connectivity index (χ1n) is 15.9. The van der Waals surface area contributed by atoms with Crippen LogP contribution in [0.4, 0.5) is 11.4 Å². The normalized spacial score (nSPS) is 12.0. The standard InChI is InChI=1S/C38H52N2/c1-6-9-12-15-22-34-27-37(24-30(4)38(34)23-18-13-10-7-2)40-31(5)29-39-36-26-32(19-11-8-3)25-35(28-36)33-20-16-14-17-21-33/h14,16-17,20-21,24-29H,6-13,15,18-19,22-23H2,1-5H3. The molecule has 0 aliphatic carbocycles. The number of nitrogens with zero attached hydrogens (tertiary/aromatic N) is 2. The third-order valence-corrected chi connectivity index (χ3v) is 7.74. The number of unbranched alkanes of at least 4 members (excludes halogenated alkanes) is 7. The van der Waals surface area contributed by atoms with Gasteiger partial charge in [0.1, 0.15) is 0 Å². The number of aliphatic imine (C=N–C) groups is 2. The molecule has 3 aromatic rings. The second-order valence-electron chi connectivity index (χ2n) is 11.4. The number of rotatable bonds is 17. The molecule has 0 aromatic heterocycles. The molecule has 0 unspecified atom stereocenters. The predicted molar refractivity (Wildman–Crippen MR) is 178 cm³/mol. The van der Waals surface area contributed by atoms with E-state index in [1.807, 2.05) is 6.21 Å². The smallest absolute Gasteiger partial charge is 0.0639 e. The summed E-state index contributed by atoms with van der Waals surface area (Å²) in [5.74, 6) is 0. The lowest BCUT2D eigenvalue weighted by molar-refractivity contribution is 0.649. The highest BCUT2D eigenvalue weighted by molar-refractivity contribution is 6.30. The van der Waals surface area contributed by atoms with E-state index >= 15 is 0 Å². The Balaban J connectivity index is 1.84. The molecule has 3 rings (SSSR count). The number of hydrogen-bond donors (Lipinski definition) is 0. The molecule has 0 saturated heterocycles. The molecular weight excluding hydrogens is 484 g/mol. The van der Waals surface area contributed by atoms with E-state index in [0.717, 1.165) is 29.9 Å². The Morgan fingerprint density at radius 1 is 0.650 bits per heavy atom. The summed E-state index contributed by atoms with van der Waals surface area (Å²) in [4.78, 5) is 9.90. The van der Waals surface area contributed by atoms with Gasteiger partial charge in [-0.15, -0.1) is 0 Å². The van der Waals surface area contributed by atoms with Crippen LogP contribution in [0.3, 0.4) is 0 Å². The topological polar surface area (TPSA) is 24.7 Å². The molecule has 0 aliphatic rings. The Morgan fingerprint density at radius 2 is 1.35 bits per heavy atom. The maximum atomic E-state index is 5.01. The van der Waals surface area contributed by atoms with Crippen molar-refractivity contribution in [1.29, 1.82) is 0 Å². The molecule has 0 heterocycles. The third kappa shape index (κ3) is 10.5. The Morgan fingerprint density at radius 3 is 2.05 bits per heavy atom. The molecule has 0 spiro atoms. The van der Waals surface area contributed by atoms with Crippen molar-refractivity contribution in [1.82, 2.24) is 0 Å². The molecule has 0 amide bonds. The lowest BCUT2D eigenvalue weighted by atomic mass is 9.92. The van der Waals surface area contributed by atoms with Crippen molar-refractivity contribution in [2.24, 2.45) is 9.98 Å². The van der Waals surface area contributed by atoms with Crippen molar-refractivity contribution in [3.05, 3.63) is 82.9 Å². The average molecular weight is 537 g/mol. The fourth-order valence-electron chi connectivity index (χ4n) is 5.46. The average Bonchev–Trinajstić information content (AvgIpc) is 2.96. The van der Waals surface area contributed by atoms with E-state index in [4.69, 9.17) is 9.98 Å². The second kappa shape index (κ2) is 17.6. The molecule has 3 aromatic carbocycles. The van der Waals surface area contributed by atoms with Gasteiger partial charge in [-0.2, -0.15) is 0 Å². The summed E-state index contributed by atoms with van der Waals surface area (Å²) in [6, 6.07) is 22.0. The lowest BCUT2D eigenvalue weighted by Crippen LogP contribution is -2.00. The molecule has 0 saturated carbocycles. The number of hydrogen-bond acceptors (Lipinski definition) is 2. The van der Waals surface area contributed by atoms with E-state index in [1.165, 1.54) is 98.4 Å². The van der Waals surface area contributed by atoms with Crippen LogP contribution in [-0.2, 0) is 19.3 Å². The Kier molecular flexibility index (Phi) is 13.9. The minimum atomic E-state index is 0.937. The Labute approximate surface area is 245 Å².